The van der Waals surface area contributed by atoms with E-state index < -0.39 is 0 Å². The molecule has 28 heavy (non-hydrogen) atoms. The summed E-state index contributed by atoms with van der Waals surface area (Å²) < 4.78 is 12.2. The van der Waals surface area contributed by atoms with E-state index in [9.17, 15) is 0 Å². The summed E-state index contributed by atoms with van der Waals surface area (Å²) in [6.07, 6.45) is 16.6. The molecule has 0 bridgehead atoms. The minimum atomic E-state index is 0.116. The number of benzene rings is 1. The Balaban J connectivity index is 1.41. The van der Waals surface area contributed by atoms with E-state index in [1.54, 1.807) is 0 Å². The van der Waals surface area contributed by atoms with Gasteiger partial charge >= 0.3 is 0 Å². The molecular formula is C26H42O2. The average Bonchev–Trinajstić information content (AvgIpc) is 2.75. The number of unbranched alkanes of at least 4 members (excludes halogenated alkanes) is 4. The normalized spacial score (nSPS) is 28.4. The lowest BCUT2D eigenvalue weighted by atomic mass is 9.77. The third-order valence-electron chi connectivity index (χ3n) is 6.94. The van der Waals surface area contributed by atoms with Gasteiger partial charge in [0.05, 0.1) is 19.3 Å². The maximum absolute atomic E-state index is 6.13. The summed E-state index contributed by atoms with van der Waals surface area (Å²) in [7, 11) is 0. The predicted octanol–water partition coefficient (Wildman–Crippen LogP) is 7.58. The van der Waals surface area contributed by atoms with Crippen LogP contribution in [0.4, 0.5) is 0 Å². The van der Waals surface area contributed by atoms with E-state index in [1.165, 1.54) is 81.8 Å². The van der Waals surface area contributed by atoms with Crippen LogP contribution in [0.15, 0.2) is 24.3 Å². The van der Waals surface area contributed by atoms with Crippen molar-refractivity contribution in [3.8, 4) is 0 Å². The van der Waals surface area contributed by atoms with Gasteiger partial charge in [-0.1, -0.05) is 83.1 Å². The van der Waals surface area contributed by atoms with Gasteiger partial charge in [-0.25, -0.2) is 0 Å². The molecule has 1 heterocycles. The average molecular weight is 387 g/mol. The third kappa shape index (κ3) is 6.59. The molecular weight excluding hydrogens is 344 g/mol. The molecule has 0 radical (unpaired) electrons. The van der Waals surface area contributed by atoms with E-state index in [-0.39, 0.29) is 6.10 Å². The van der Waals surface area contributed by atoms with Gasteiger partial charge in [-0.05, 0) is 55.1 Å². The summed E-state index contributed by atoms with van der Waals surface area (Å²) in [6.45, 7) is 6.01. The van der Waals surface area contributed by atoms with Crippen molar-refractivity contribution in [3.63, 3.8) is 0 Å². The Morgan fingerprint density at radius 3 is 1.96 bits per heavy atom. The van der Waals surface area contributed by atoms with Crippen LogP contribution in [0, 0.1) is 5.92 Å². The van der Waals surface area contributed by atoms with Gasteiger partial charge in [0.15, 0.2) is 0 Å². The van der Waals surface area contributed by atoms with Gasteiger partial charge in [0.25, 0.3) is 0 Å². The van der Waals surface area contributed by atoms with Gasteiger partial charge in [0.2, 0.25) is 0 Å². The molecule has 2 nitrogen and oxygen atoms in total. The number of hydrogen-bond donors (Lipinski definition) is 0. The molecule has 0 aromatic heterocycles. The zero-order valence-electron chi connectivity index (χ0n) is 18.3. The lowest BCUT2D eigenvalue weighted by molar-refractivity contribution is -0.137. The highest BCUT2D eigenvalue weighted by Gasteiger charge is 2.25. The van der Waals surface area contributed by atoms with Crippen LogP contribution >= 0.6 is 0 Å². The van der Waals surface area contributed by atoms with Crippen LogP contribution in [0.1, 0.15) is 114 Å². The molecule has 2 aliphatic rings. The van der Waals surface area contributed by atoms with Crippen LogP contribution in [-0.2, 0) is 9.47 Å². The van der Waals surface area contributed by atoms with Crippen molar-refractivity contribution in [1.29, 1.82) is 0 Å². The highest BCUT2D eigenvalue weighted by molar-refractivity contribution is 5.27. The van der Waals surface area contributed by atoms with E-state index in [1.807, 2.05) is 0 Å². The third-order valence-corrected chi connectivity index (χ3v) is 6.94. The van der Waals surface area contributed by atoms with Crippen molar-refractivity contribution < 1.29 is 9.47 Å². The van der Waals surface area contributed by atoms with Gasteiger partial charge < -0.3 is 9.47 Å². The smallest absolute Gasteiger partial charge is 0.106 e. The highest BCUT2D eigenvalue weighted by Crippen LogP contribution is 2.38. The second kappa shape index (κ2) is 12.0. The van der Waals surface area contributed by atoms with Crippen LogP contribution in [0.25, 0.3) is 0 Å². The molecule has 0 unspecified atom stereocenters. The summed E-state index contributed by atoms with van der Waals surface area (Å²) in [5.74, 6) is 1.75. The van der Waals surface area contributed by atoms with Crippen molar-refractivity contribution in [2.24, 2.45) is 5.92 Å². The first kappa shape index (κ1) is 21.8. The summed E-state index contributed by atoms with van der Waals surface area (Å²) in [5.41, 5.74) is 2.81. The van der Waals surface area contributed by atoms with Crippen LogP contribution in [0.3, 0.4) is 0 Å². The molecule has 1 aliphatic carbocycles. The fourth-order valence-electron chi connectivity index (χ4n) is 4.97. The Morgan fingerprint density at radius 1 is 0.714 bits per heavy atom. The Morgan fingerprint density at radius 2 is 1.36 bits per heavy atom. The molecule has 3 rings (SSSR count). The Labute approximate surface area is 173 Å². The van der Waals surface area contributed by atoms with Crippen molar-refractivity contribution in [3.05, 3.63) is 35.4 Å². The second-order valence-corrected chi connectivity index (χ2v) is 9.15. The summed E-state index contributed by atoms with van der Waals surface area (Å²) in [5, 5.41) is 0. The molecule has 2 atom stereocenters. The molecule has 1 saturated heterocycles. The monoisotopic (exact) mass is 386 g/mol. The van der Waals surface area contributed by atoms with Crippen LogP contribution in [0.5, 0.6) is 0 Å². The zero-order chi connectivity index (χ0) is 19.6. The predicted molar refractivity (Wildman–Crippen MR) is 118 cm³/mol. The molecule has 1 aromatic carbocycles. The molecule has 158 valence electrons. The quantitative estimate of drug-likeness (QED) is 0.386. The Bertz CT molecular complexity index is 473. The molecule has 2 heteroatoms. The molecule has 1 saturated carbocycles. The maximum atomic E-state index is 6.13. The topological polar surface area (TPSA) is 18.5 Å². The van der Waals surface area contributed by atoms with Crippen molar-refractivity contribution in [2.75, 3.05) is 13.2 Å². The first-order chi connectivity index (χ1) is 13.8. The van der Waals surface area contributed by atoms with Crippen LogP contribution in [0.2, 0.25) is 0 Å². The van der Waals surface area contributed by atoms with E-state index in [0.29, 0.717) is 12.7 Å². The molecule has 0 N–H and O–H groups in total. The highest BCUT2D eigenvalue weighted by atomic mass is 16.6. The minimum Gasteiger partial charge on any atom is -0.373 e. The van der Waals surface area contributed by atoms with E-state index in [0.717, 1.165) is 24.9 Å². The van der Waals surface area contributed by atoms with Gasteiger partial charge in [-0.3, -0.25) is 0 Å². The molecule has 0 amide bonds. The zero-order valence-corrected chi connectivity index (χ0v) is 18.3. The number of rotatable bonds is 10. The van der Waals surface area contributed by atoms with E-state index in [4.69, 9.17) is 9.47 Å². The van der Waals surface area contributed by atoms with Gasteiger partial charge in [0, 0.05) is 0 Å². The summed E-state index contributed by atoms with van der Waals surface area (Å²) >= 11 is 0. The molecule has 1 aliphatic heterocycles. The number of ether oxygens (including phenoxy) is 2. The molecule has 1 aromatic rings. The standard InChI is InChI=1S/C26H42O2/c1-3-5-7-9-21-11-13-22(14-12-21)23-15-17-24(18-16-23)26-20-27-25(19-28-26)10-8-6-4-2/h15-18,21-22,25-26H,3-14,19-20H2,1-2H3/t21-,22-,25-,26-/m0/s1. The van der Waals surface area contributed by atoms with Crippen molar-refractivity contribution in [1.82, 2.24) is 0 Å². The molecule has 2 fully saturated rings. The minimum absolute atomic E-state index is 0.116. The molecule has 0 spiro atoms. The SMILES string of the molecule is CCCCC[C@H]1CO[C@H](c2ccc([C@H]3CC[C@H](CCCCC)CC3)cc2)CO1. The van der Waals surface area contributed by atoms with E-state index >= 15 is 0 Å². The summed E-state index contributed by atoms with van der Waals surface area (Å²) in [4.78, 5) is 0. The Hall–Kier alpha value is -0.860. The van der Waals surface area contributed by atoms with Gasteiger partial charge in [0.1, 0.15) is 6.10 Å². The van der Waals surface area contributed by atoms with Crippen LogP contribution in [-0.4, -0.2) is 19.3 Å². The summed E-state index contributed by atoms with van der Waals surface area (Å²) in [6, 6.07) is 9.28. The van der Waals surface area contributed by atoms with Crippen molar-refractivity contribution in [2.45, 2.75) is 109 Å². The fourth-order valence-corrected chi connectivity index (χ4v) is 4.97. The van der Waals surface area contributed by atoms with Gasteiger partial charge in [-0.15, -0.1) is 0 Å². The second-order valence-electron chi connectivity index (χ2n) is 9.15. The van der Waals surface area contributed by atoms with E-state index in [2.05, 4.69) is 38.1 Å². The number of hydrogen-bond acceptors (Lipinski definition) is 2. The fraction of sp³-hybridized carbons (Fsp3) is 0.769. The van der Waals surface area contributed by atoms with Gasteiger partial charge in [-0.2, -0.15) is 0 Å². The van der Waals surface area contributed by atoms with Crippen molar-refractivity contribution >= 4 is 0 Å². The first-order valence-corrected chi connectivity index (χ1v) is 12.1. The first-order valence-electron chi connectivity index (χ1n) is 12.1. The largest absolute Gasteiger partial charge is 0.373 e. The Kier molecular flexibility index (Phi) is 9.34. The lowest BCUT2D eigenvalue weighted by Crippen LogP contribution is -2.31. The maximum Gasteiger partial charge on any atom is 0.106 e. The lowest BCUT2D eigenvalue weighted by Gasteiger charge is -2.31. The van der Waals surface area contributed by atoms with Crippen LogP contribution < -0.4 is 0 Å².